The van der Waals surface area contributed by atoms with Crippen LogP contribution in [0.1, 0.15) is 6.92 Å². The number of aromatic nitrogens is 4. The van der Waals surface area contributed by atoms with Crippen LogP contribution in [0.4, 0.5) is 0 Å². The zero-order chi connectivity index (χ0) is 11.1. The van der Waals surface area contributed by atoms with Gasteiger partial charge in [0.25, 0.3) is 0 Å². The van der Waals surface area contributed by atoms with E-state index in [9.17, 15) is 4.79 Å². The molecule has 0 N–H and O–H groups in total. The number of ketones is 1. The van der Waals surface area contributed by atoms with E-state index in [4.69, 9.17) is 0 Å². The molecule has 2 aromatic heterocycles. The first kappa shape index (κ1) is 14.9. The van der Waals surface area contributed by atoms with Gasteiger partial charge in [0, 0.05) is 57.2 Å². The zero-order valence-electron chi connectivity index (χ0n) is 8.87. The molecule has 0 aromatic carbocycles. The molecular weight excluding hydrogens is 281 g/mol. The van der Waals surface area contributed by atoms with E-state index in [0.717, 1.165) is 5.82 Å². The fourth-order valence-electron chi connectivity index (χ4n) is 0.787. The largest absolute Gasteiger partial charge is 0.374 e. The Bertz CT molecular complexity index is 398. The fourth-order valence-corrected chi connectivity index (χ4v) is 0.787. The average molecular weight is 291 g/mol. The van der Waals surface area contributed by atoms with Gasteiger partial charge in [0.15, 0.2) is 0 Å². The third-order valence-corrected chi connectivity index (χ3v) is 1.26. The first-order chi connectivity index (χ1) is 7.20. The number of Topliss-reactive ketones (excluding diaryl/α,β-unsaturated/α-hetero) is 1. The van der Waals surface area contributed by atoms with Gasteiger partial charge in [-0.2, -0.15) is 5.10 Å². The van der Waals surface area contributed by atoms with Crippen LogP contribution in [-0.2, 0) is 37.5 Å². The number of nitrogens with zero attached hydrogens (tertiary/aromatic N) is 4. The van der Waals surface area contributed by atoms with Gasteiger partial charge in [-0.05, 0) is 18.8 Å². The van der Waals surface area contributed by atoms with Crippen LogP contribution in [0.2, 0.25) is 0 Å². The quantitative estimate of drug-likeness (QED) is 0.731. The smallest absolute Gasteiger partial charge is 0.0482 e. The Morgan fingerprint density at radius 3 is 2.62 bits per heavy atom. The summed E-state index contributed by atoms with van der Waals surface area (Å²) >= 11 is 0. The van der Waals surface area contributed by atoms with E-state index < -0.39 is 0 Å². The normalized spacial score (nSPS) is 8.31. The molecule has 5 nitrogen and oxygen atoms in total. The van der Waals surface area contributed by atoms with Crippen molar-refractivity contribution in [1.82, 2.24) is 19.7 Å². The number of hydrogen-bond donors (Lipinski definition) is 0. The SMILES string of the molecule is [CH2-]C(C)=O.[Y].[c-]1nccc(-n2cccn2)n1. The number of carbonyl (C=O) groups excluding carboxylic acids is 1. The molecule has 0 saturated heterocycles. The van der Waals surface area contributed by atoms with Gasteiger partial charge in [-0.25, -0.2) is 0 Å². The molecule has 0 saturated carbocycles. The summed E-state index contributed by atoms with van der Waals surface area (Å²) in [6.45, 7) is 4.42. The first-order valence-electron chi connectivity index (χ1n) is 4.22. The van der Waals surface area contributed by atoms with Crippen molar-refractivity contribution in [2.75, 3.05) is 0 Å². The molecule has 2 aromatic rings. The molecule has 0 aliphatic carbocycles. The Labute approximate surface area is 119 Å². The molecule has 81 valence electrons. The van der Waals surface area contributed by atoms with Crippen LogP contribution in [-0.4, -0.2) is 25.5 Å². The van der Waals surface area contributed by atoms with E-state index in [1.807, 2.05) is 12.3 Å². The van der Waals surface area contributed by atoms with Crippen LogP contribution in [0, 0.1) is 13.3 Å². The van der Waals surface area contributed by atoms with Crippen molar-refractivity contribution in [2.45, 2.75) is 6.92 Å². The molecule has 0 bridgehead atoms. The predicted molar refractivity (Wildman–Crippen MR) is 54.0 cm³/mol. The van der Waals surface area contributed by atoms with Crippen LogP contribution < -0.4 is 0 Å². The van der Waals surface area contributed by atoms with Crippen molar-refractivity contribution in [3.8, 4) is 5.82 Å². The van der Waals surface area contributed by atoms with Crippen molar-refractivity contribution in [3.05, 3.63) is 44.0 Å². The number of hydrogen-bond acceptors (Lipinski definition) is 4. The van der Waals surface area contributed by atoms with E-state index in [2.05, 4.69) is 28.3 Å². The Morgan fingerprint density at radius 2 is 2.19 bits per heavy atom. The molecule has 6 heteroatoms. The Kier molecular flexibility index (Phi) is 7.59. The second-order valence-corrected chi connectivity index (χ2v) is 2.67. The zero-order valence-corrected chi connectivity index (χ0v) is 11.7. The summed E-state index contributed by atoms with van der Waals surface area (Å²) < 4.78 is 1.65. The molecule has 0 aliphatic heterocycles. The van der Waals surface area contributed by atoms with Gasteiger partial charge in [-0.15, -0.1) is 6.07 Å². The number of carbonyl (C=O) groups is 1. The van der Waals surface area contributed by atoms with E-state index in [1.54, 1.807) is 23.1 Å². The Morgan fingerprint density at radius 1 is 1.50 bits per heavy atom. The maximum absolute atomic E-state index is 9.33. The van der Waals surface area contributed by atoms with E-state index in [0.29, 0.717) is 0 Å². The van der Waals surface area contributed by atoms with Crippen molar-refractivity contribution >= 4 is 5.78 Å². The maximum Gasteiger partial charge on any atom is 0.0482 e. The van der Waals surface area contributed by atoms with E-state index >= 15 is 0 Å². The number of rotatable bonds is 1. The van der Waals surface area contributed by atoms with Crippen molar-refractivity contribution in [3.63, 3.8) is 0 Å². The third kappa shape index (κ3) is 5.73. The molecule has 0 aliphatic rings. The van der Waals surface area contributed by atoms with E-state index in [-0.39, 0.29) is 38.5 Å². The summed E-state index contributed by atoms with van der Waals surface area (Å²) in [6, 6.07) is 3.60. The monoisotopic (exact) mass is 291 g/mol. The minimum atomic E-state index is -0.0833. The van der Waals surface area contributed by atoms with Crippen LogP contribution >= 0.6 is 0 Å². The van der Waals surface area contributed by atoms with Gasteiger partial charge >= 0.3 is 0 Å². The van der Waals surface area contributed by atoms with Gasteiger partial charge in [-0.3, -0.25) is 4.68 Å². The minimum Gasteiger partial charge on any atom is -0.374 e. The second kappa shape index (κ2) is 8.13. The minimum absolute atomic E-state index is 0. The van der Waals surface area contributed by atoms with E-state index in [1.165, 1.54) is 6.92 Å². The molecular formula is C10H10N4OY-2. The molecule has 0 amide bonds. The maximum atomic E-state index is 9.33. The molecule has 0 unspecified atom stereocenters. The average Bonchev–Trinajstić information content (AvgIpc) is 2.71. The molecule has 1 radical (unpaired) electrons. The van der Waals surface area contributed by atoms with Crippen LogP contribution in [0.5, 0.6) is 0 Å². The summed E-state index contributed by atoms with van der Waals surface area (Å²) in [5, 5.41) is 3.99. The Hall–Kier alpha value is -1.07. The summed E-state index contributed by atoms with van der Waals surface area (Å²) in [5.41, 5.74) is 0. The fraction of sp³-hybridized carbons (Fsp3) is 0.100. The van der Waals surface area contributed by atoms with Crippen molar-refractivity contribution in [1.29, 1.82) is 0 Å². The summed E-state index contributed by atoms with van der Waals surface area (Å²) in [5.74, 6) is 0.644. The van der Waals surface area contributed by atoms with Gasteiger partial charge in [0.1, 0.15) is 0 Å². The summed E-state index contributed by atoms with van der Waals surface area (Å²) in [7, 11) is 0. The van der Waals surface area contributed by atoms with Gasteiger partial charge in [0.05, 0.1) is 0 Å². The van der Waals surface area contributed by atoms with Crippen LogP contribution in [0.15, 0.2) is 30.7 Å². The van der Waals surface area contributed by atoms with Crippen molar-refractivity contribution < 1.29 is 37.5 Å². The van der Waals surface area contributed by atoms with Crippen LogP contribution in [0.3, 0.4) is 0 Å². The molecule has 0 atom stereocenters. The van der Waals surface area contributed by atoms with Gasteiger partial charge in [-0.1, -0.05) is 6.20 Å². The topological polar surface area (TPSA) is 60.7 Å². The molecule has 2 heterocycles. The van der Waals surface area contributed by atoms with Crippen molar-refractivity contribution in [2.24, 2.45) is 0 Å². The third-order valence-electron chi connectivity index (χ3n) is 1.26. The van der Waals surface area contributed by atoms with Crippen LogP contribution in [0.25, 0.3) is 5.82 Å². The van der Waals surface area contributed by atoms with Gasteiger partial charge in [0.2, 0.25) is 0 Å². The Balaban J connectivity index is 0.000000397. The second-order valence-electron chi connectivity index (χ2n) is 2.67. The van der Waals surface area contributed by atoms with Gasteiger partial charge < -0.3 is 21.7 Å². The summed E-state index contributed by atoms with van der Waals surface area (Å²) in [4.78, 5) is 16.9. The predicted octanol–water partition coefficient (Wildman–Crippen LogP) is 0.869. The summed E-state index contributed by atoms with van der Waals surface area (Å²) in [6.07, 6.45) is 7.63. The molecule has 16 heavy (non-hydrogen) atoms. The molecule has 0 fully saturated rings. The molecule has 0 spiro atoms. The first-order valence-corrected chi connectivity index (χ1v) is 4.22. The standard InChI is InChI=1S/C7H5N4.C3H5O.Y/c1-3-10-11(5-1)7-2-4-8-6-9-7;1-3(2)4;/h1-5H;1H2,2H3;/q2*-1;. The molecule has 2 rings (SSSR count).